The molecule has 0 saturated carbocycles. The number of piperidine rings is 1. The second-order valence-electron chi connectivity index (χ2n) is 4.91. The maximum Gasteiger partial charge on any atom is 0.410 e. The third kappa shape index (κ3) is 4.19. The van der Waals surface area contributed by atoms with E-state index in [-0.39, 0.29) is 32.1 Å². The zero-order chi connectivity index (χ0) is 15.4. The van der Waals surface area contributed by atoms with E-state index in [0.29, 0.717) is 0 Å². The Morgan fingerprint density at radius 2 is 1.86 bits per heavy atom. The molecule has 0 aliphatic carbocycles. The van der Waals surface area contributed by atoms with Gasteiger partial charge in [0, 0.05) is 13.1 Å². The summed E-state index contributed by atoms with van der Waals surface area (Å²) in [4.78, 5) is 36.2. The number of ketones is 1. The summed E-state index contributed by atoms with van der Waals surface area (Å²) in [5.74, 6) is -2.29. The predicted octanol–water partition coefficient (Wildman–Crippen LogP) is 0.0585. The van der Waals surface area contributed by atoms with Crippen LogP contribution in [-0.4, -0.2) is 41.8 Å². The summed E-state index contributed by atoms with van der Waals surface area (Å²) in [5.41, 5.74) is 11.6. The summed E-state index contributed by atoms with van der Waals surface area (Å²) < 4.78 is 5.15. The lowest BCUT2D eigenvalue weighted by Crippen LogP contribution is -2.58. The van der Waals surface area contributed by atoms with Crippen molar-refractivity contribution >= 4 is 30.2 Å². The Bertz CT molecular complexity index is 552. The van der Waals surface area contributed by atoms with Gasteiger partial charge in [-0.1, -0.05) is 30.3 Å². The smallest absolute Gasteiger partial charge is 0.410 e. The van der Waals surface area contributed by atoms with Crippen molar-refractivity contribution < 1.29 is 19.1 Å². The lowest BCUT2D eigenvalue weighted by Gasteiger charge is -2.33. The monoisotopic (exact) mass is 327 g/mol. The Hall–Kier alpha value is -2.12. The van der Waals surface area contributed by atoms with Crippen molar-refractivity contribution in [2.45, 2.75) is 12.6 Å². The molecule has 0 spiro atoms. The highest BCUT2D eigenvalue weighted by atomic mass is 35.5. The molecular formula is C14H18ClN3O4. The first kappa shape index (κ1) is 17.9. The lowest BCUT2D eigenvalue weighted by molar-refractivity contribution is -0.136. The van der Waals surface area contributed by atoms with Crippen LogP contribution >= 0.6 is 12.4 Å². The van der Waals surface area contributed by atoms with Gasteiger partial charge in [-0.3, -0.25) is 9.59 Å². The molecule has 7 nitrogen and oxygen atoms in total. The lowest BCUT2D eigenvalue weighted by atomic mass is 9.93. The molecule has 8 heteroatoms. The number of benzene rings is 1. The molecule has 1 saturated heterocycles. The van der Waals surface area contributed by atoms with Gasteiger partial charge in [-0.2, -0.15) is 0 Å². The molecule has 1 aliphatic rings. The summed E-state index contributed by atoms with van der Waals surface area (Å²) in [6, 6.07) is 8.26. The van der Waals surface area contributed by atoms with E-state index in [1.807, 2.05) is 30.3 Å². The number of ether oxygens (including phenoxy) is 1. The number of nitrogens with zero attached hydrogens (tertiary/aromatic N) is 1. The highest BCUT2D eigenvalue weighted by molar-refractivity contribution is 6.04. The van der Waals surface area contributed by atoms with Crippen LogP contribution in [0.5, 0.6) is 0 Å². The third-order valence-electron chi connectivity index (χ3n) is 3.34. The fourth-order valence-corrected chi connectivity index (χ4v) is 2.16. The van der Waals surface area contributed by atoms with Gasteiger partial charge >= 0.3 is 6.09 Å². The van der Waals surface area contributed by atoms with Crippen molar-refractivity contribution in [3.63, 3.8) is 0 Å². The van der Waals surface area contributed by atoms with Gasteiger partial charge in [0.05, 0.1) is 6.04 Å². The molecule has 2 atom stereocenters. The molecule has 1 heterocycles. The predicted molar refractivity (Wildman–Crippen MR) is 81.1 cm³/mol. The number of likely N-dealkylation sites (tertiary alicyclic amines) is 1. The number of rotatable bonds is 3. The van der Waals surface area contributed by atoms with Gasteiger partial charge in [0.25, 0.3) is 0 Å². The van der Waals surface area contributed by atoms with Crippen LogP contribution in [0.25, 0.3) is 0 Å². The largest absolute Gasteiger partial charge is 0.445 e. The number of amides is 2. The topological polar surface area (TPSA) is 116 Å². The molecule has 0 aromatic heterocycles. The van der Waals surface area contributed by atoms with Gasteiger partial charge in [0.15, 0.2) is 5.78 Å². The molecule has 1 aromatic carbocycles. The Kier molecular flexibility index (Phi) is 6.33. The van der Waals surface area contributed by atoms with E-state index in [2.05, 4.69) is 0 Å². The van der Waals surface area contributed by atoms with Gasteiger partial charge in [-0.25, -0.2) is 4.79 Å². The van der Waals surface area contributed by atoms with Crippen LogP contribution in [0, 0.1) is 5.92 Å². The SMILES string of the molecule is Cl.NC(=O)C1CN(C(=O)OCc2ccccc2)CC(N)C1=O. The number of carbonyl (C=O) groups excluding carboxylic acids is 3. The molecule has 1 aliphatic heterocycles. The average Bonchev–Trinajstić information content (AvgIpc) is 2.48. The van der Waals surface area contributed by atoms with Crippen molar-refractivity contribution in [1.29, 1.82) is 0 Å². The Morgan fingerprint density at radius 1 is 1.23 bits per heavy atom. The van der Waals surface area contributed by atoms with Crippen LogP contribution in [0.1, 0.15) is 5.56 Å². The minimum Gasteiger partial charge on any atom is -0.445 e. The first-order valence-corrected chi connectivity index (χ1v) is 6.53. The first-order valence-electron chi connectivity index (χ1n) is 6.53. The molecule has 0 radical (unpaired) electrons. The standard InChI is InChI=1S/C14H17N3O4.ClH/c15-11-7-17(6-10(12(11)18)13(16)19)14(20)21-8-9-4-2-1-3-5-9;/h1-5,10-11H,6-8,15H2,(H2,16,19);1H. The molecule has 1 aromatic rings. The van der Waals surface area contributed by atoms with E-state index < -0.39 is 29.7 Å². The van der Waals surface area contributed by atoms with Crippen LogP contribution in [0.3, 0.4) is 0 Å². The van der Waals surface area contributed by atoms with Gasteiger partial charge in [0.2, 0.25) is 5.91 Å². The normalized spacial score (nSPS) is 21.0. The molecular weight excluding hydrogens is 310 g/mol. The number of halogens is 1. The van der Waals surface area contributed by atoms with E-state index >= 15 is 0 Å². The van der Waals surface area contributed by atoms with Crippen LogP contribution in [-0.2, 0) is 20.9 Å². The summed E-state index contributed by atoms with van der Waals surface area (Å²) in [7, 11) is 0. The zero-order valence-electron chi connectivity index (χ0n) is 11.8. The molecule has 22 heavy (non-hydrogen) atoms. The van der Waals surface area contributed by atoms with Crippen molar-refractivity contribution in [3.05, 3.63) is 35.9 Å². The average molecular weight is 328 g/mol. The maximum absolute atomic E-state index is 12.0. The van der Waals surface area contributed by atoms with E-state index in [4.69, 9.17) is 16.2 Å². The Balaban J connectivity index is 0.00000242. The fraction of sp³-hybridized carbons (Fsp3) is 0.357. The molecule has 4 N–H and O–H groups in total. The van der Waals surface area contributed by atoms with E-state index in [9.17, 15) is 14.4 Å². The van der Waals surface area contributed by atoms with E-state index in [1.165, 1.54) is 4.90 Å². The summed E-state index contributed by atoms with van der Waals surface area (Å²) in [6.45, 7) is 0.0479. The van der Waals surface area contributed by atoms with Crippen molar-refractivity contribution in [2.24, 2.45) is 17.4 Å². The minimum atomic E-state index is -1.07. The molecule has 2 rings (SSSR count). The highest BCUT2D eigenvalue weighted by Gasteiger charge is 2.38. The Labute approximate surface area is 134 Å². The first-order chi connectivity index (χ1) is 9.99. The highest BCUT2D eigenvalue weighted by Crippen LogP contribution is 2.14. The summed E-state index contributed by atoms with van der Waals surface area (Å²) in [5, 5.41) is 0. The second-order valence-corrected chi connectivity index (χ2v) is 4.91. The number of primary amides is 1. The third-order valence-corrected chi connectivity index (χ3v) is 3.34. The number of nitrogens with two attached hydrogens (primary N) is 2. The number of carbonyl (C=O) groups is 3. The number of hydrogen-bond acceptors (Lipinski definition) is 5. The van der Waals surface area contributed by atoms with Gasteiger partial charge in [-0.15, -0.1) is 12.4 Å². The summed E-state index contributed by atoms with van der Waals surface area (Å²) >= 11 is 0. The van der Waals surface area contributed by atoms with Gasteiger partial charge in [0.1, 0.15) is 12.5 Å². The zero-order valence-corrected chi connectivity index (χ0v) is 12.6. The Morgan fingerprint density at radius 3 is 2.45 bits per heavy atom. The molecule has 0 bridgehead atoms. The van der Waals surface area contributed by atoms with Crippen molar-refractivity contribution in [3.8, 4) is 0 Å². The van der Waals surface area contributed by atoms with Gasteiger partial charge < -0.3 is 21.1 Å². The second kappa shape index (κ2) is 7.77. The quantitative estimate of drug-likeness (QED) is 0.761. The molecule has 1 fully saturated rings. The fourth-order valence-electron chi connectivity index (χ4n) is 2.16. The number of hydrogen-bond donors (Lipinski definition) is 2. The van der Waals surface area contributed by atoms with E-state index in [0.717, 1.165) is 5.56 Å². The summed E-state index contributed by atoms with van der Waals surface area (Å²) in [6.07, 6.45) is -0.618. The van der Waals surface area contributed by atoms with Crippen LogP contribution < -0.4 is 11.5 Å². The van der Waals surface area contributed by atoms with Gasteiger partial charge in [-0.05, 0) is 5.56 Å². The molecule has 2 amide bonds. The molecule has 120 valence electrons. The molecule has 2 unspecified atom stereocenters. The van der Waals surface area contributed by atoms with Crippen LogP contribution in [0.4, 0.5) is 4.79 Å². The van der Waals surface area contributed by atoms with Crippen LogP contribution in [0.15, 0.2) is 30.3 Å². The van der Waals surface area contributed by atoms with Crippen molar-refractivity contribution in [1.82, 2.24) is 4.90 Å². The maximum atomic E-state index is 12.0. The van der Waals surface area contributed by atoms with Crippen LogP contribution in [0.2, 0.25) is 0 Å². The van der Waals surface area contributed by atoms with Crippen molar-refractivity contribution in [2.75, 3.05) is 13.1 Å². The van der Waals surface area contributed by atoms with E-state index in [1.54, 1.807) is 0 Å². The number of Topliss-reactive ketones (excluding diaryl/α,β-unsaturated/α-hetero) is 1. The minimum absolute atomic E-state index is 0.